The number of amides is 1. The summed E-state index contributed by atoms with van der Waals surface area (Å²) in [6, 6.07) is 2.12. The summed E-state index contributed by atoms with van der Waals surface area (Å²) in [5, 5.41) is 2.60. The zero-order chi connectivity index (χ0) is 13.5. The second-order valence-electron chi connectivity index (χ2n) is 4.44. The minimum absolute atomic E-state index is 0.0852. The van der Waals surface area contributed by atoms with Gasteiger partial charge in [-0.1, -0.05) is 0 Å². The maximum absolute atomic E-state index is 13.2. The molecule has 0 aliphatic carbocycles. The highest BCUT2D eigenvalue weighted by Crippen LogP contribution is 2.35. The average Bonchev–Trinajstić information content (AvgIpc) is 2.55. The minimum Gasteiger partial charge on any atom is -0.353 e. The predicted octanol–water partition coefficient (Wildman–Crippen LogP) is 2.84. The summed E-state index contributed by atoms with van der Waals surface area (Å²) in [7, 11) is 0. The lowest BCUT2D eigenvalue weighted by atomic mass is 9.91. The molecule has 0 radical (unpaired) electrons. The van der Waals surface area contributed by atoms with Crippen LogP contribution in [0.15, 0.2) is 18.2 Å². The van der Waals surface area contributed by atoms with Gasteiger partial charge < -0.3 is 5.32 Å². The van der Waals surface area contributed by atoms with E-state index in [4.69, 9.17) is 0 Å². The number of benzene rings is 1. The molecule has 2 nitrogen and oxygen atoms in total. The van der Waals surface area contributed by atoms with Gasteiger partial charge in [-0.05, 0) is 30.7 Å². The van der Waals surface area contributed by atoms with Gasteiger partial charge in [0.1, 0.15) is 5.82 Å². The third-order valence-corrected chi connectivity index (χ3v) is 3.07. The van der Waals surface area contributed by atoms with Crippen molar-refractivity contribution in [3.63, 3.8) is 0 Å². The van der Waals surface area contributed by atoms with Gasteiger partial charge in [-0.2, -0.15) is 13.2 Å². The maximum Gasteiger partial charge on any atom is 0.416 e. The van der Waals surface area contributed by atoms with Gasteiger partial charge in [0.15, 0.2) is 0 Å². The van der Waals surface area contributed by atoms with E-state index in [1.807, 2.05) is 0 Å². The van der Waals surface area contributed by atoms with Crippen LogP contribution in [0.1, 0.15) is 30.4 Å². The molecule has 1 saturated heterocycles. The highest BCUT2D eigenvalue weighted by Gasteiger charge is 2.35. The van der Waals surface area contributed by atoms with Crippen molar-refractivity contribution in [2.45, 2.75) is 31.5 Å². The number of rotatable bonds is 1. The van der Waals surface area contributed by atoms with Crippen LogP contribution >= 0.6 is 0 Å². The van der Waals surface area contributed by atoms with Crippen LogP contribution in [0.4, 0.5) is 17.6 Å². The van der Waals surface area contributed by atoms with Crippen LogP contribution in [0.5, 0.6) is 0 Å². The molecule has 2 atom stereocenters. The predicted molar refractivity (Wildman–Crippen MR) is 56.4 cm³/mol. The quantitative estimate of drug-likeness (QED) is 0.774. The first kappa shape index (κ1) is 12.9. The zero-order valence-corrected chi connectivity index (χ0v) is 9.51. The van der Waals surface area contributed by atoms with Gasteiger partial charge in [0.25, 0.3) is 0 Å². The van der Waals surface area contributed by atoms with Gasteiger partial charge in [-0.25, -0.2) is 4.39 Å². The van der Waals surface area contributed by atoms with Crippen molar-refractivity contribution in [3.05, 3.63) is 35.1 Å². The number of carbonyl (C=O) groups is 1. The Kier molecular flexibility index (Phi) is 3.04. The molecule has 2 unspecified atom stereocenters. The molecule has 18 heavy (non-hydrogen) atoms. The van der Waals surface area contributed by atoms with E-state index < -0.39 is 23.5 Å². The molecule has 1 heterocycles. The van der Waals surface area contributed by atoms with Crippen molar-refractivity contribution in [2.75, 3.05) is 0 Å². The van der Waals surface area contributed by atoms with Gasteiger partial charge in [-0.15, -0.1) is 0 Å². The molecule has 1 aromatic rings. The Morgan fingerprint density at radius 3 is 2.44 bits per heavy atom. The van der Waals surface area contributed by atoms with E-state index in [0.29, 0.717) is 6.07 Å². The maximum atomic E-state index is 13.2. The van der Waals surface area contributed by atoms with Crippen molar-refractivity contribution in [1.82, 2.24) is 5.32 Å². The van der Waals surface area contributed by atoms with Crippen molar-refractivity contribution in [1.29, 1.82) is 0 Å². The zero-order valence-electron chi connectivity index (χ0n) is 9.51. The second-order valence-corrected chi connectivity index (χ2v) is 4.44. The normalized spacial score (nSPS) is 24.2. The van der Waals surface area contributed by atoms with Gasteiger partial charge in [0, 0.05) is 18.4 Å². The van der Waals surface area contributed by atoms with Gasteiger partial charge in [0.05, 0.1) is 5.56 Å². The van der Waals surface area contributed by atoms with E-state index in [2.05, 4.69) is 5.32 Å². The molecule has 1 N–H and O–H groups in total. The molecular formula is C12H11F4NO. The fourth-order valence-electron chi connectivity index (χ4n) is 2.19. The summed E-state index contributed by atoms with van der Waals surface area (Å²) in [5.74, 6) is -1.59. The van der Waals surface area contributed by atoms with Crippen LogP contribution in [0, 0.1) is 5.82 Å². The Morgan fingerprint density at radius 2 is 1.94 bits per heavy atom. The van der Waals surface area contributed by atoms with E-state index >= 15 is 0 Å². The van der Waals surface area contributed by atoms with Crippen LogP contribution in [-0.2, 0) is 11.0 Å². The van der Waals surface area contributed by atoms with Crippen molar-refractivity contribution in [3.8, 4) is 0 Å². The fraction of sp³-hybridized carbons (Fsp3) is 0.417. The number of hydrogen-bond acceptors (Lipinski definition) is 1. The molecule has 0 saturated carbocycles. The standard InChI is InChI=1S/C12H11F4NO/c1-6-10(5-11(18)17-6)7-2-8(12(14,15)16)4-9(13)3-7/h2-4,6,10H,5H2,1H3,(H,17,18). The second kappa shape index (κ2) is 4.26. The fourth-order valence-corrected chi connectivity index (χ4v) is 2.19. The third-order valence-electron chi connectivity index (χ3n) is 3.07. The highest BCUT2D eigenvalue weighted by atomic mass is 19.4. The van der Waals surface area contributed by atoms with Crippen LogP contribution in [0.25, 0.3) is 0 Å². The summed E-state index contributed by atoms with van der Waals surface area (Å²) in [4.78, 5) is 11.2. The number of halogens is 4. The molecule has 1 aliphatic heterocycles. The van der Waals surface area contributed by atoms with E-state index in [0.717, 1.165) is 12.1 Å². The Morgan fingerprint density at radius 1 is 1.28 bits per heavy atom. The van der Waals surface area contributed by atoms with E-state index in [1.54, 1.807) is 6.92 Å². The average molecular weight is 261 g/mol. The largest absolute Gasteiger partial charge is 0.416 e. The molecule has 1 fully saturated rings. The van der Waals surface area contributed by atoms with Crippen molar-refractivity contribution in [2.24, 2.45) is 0 Å². The number of carbonyl (C=O) groups excluding carboxylic acids is 1. The molecule has 1 amide bonds. The first-order chi connectivity index (χ1) is 8.27. The summed E-state index contributed by atoms with van der Waals surface area (Å²) < 4.78 is 50.9. The summed E-state index contributed by atoms with van der Waals surface area (Å²) in [6.45, 7) is 1.69. The minimum atomic E-state index is -4.59. The lowest BCUT2D eigenvalue weighted by Gasteiger charge is -2.16. The van der Waals surface area contributed by atoms with E-state index in [9.17, 15) is 22.4 Å². The molecule has 0 aromatic heterocycles. The smallest absolute Gasteiger partial charge is 0.353 e. The third kappa shape index (κ3) is 2.47. The Bertz CT molecular complexity index is 483. The molecule has 1 aliphatic rings. The number of hydrogen-bond donors (Lipinski definition) is 1. The first-order valence-corrected chi connectivity index (χ1v) is 5.44. The van der Waals surface area contributed by atoms with E-state index in [1.165, 1.54) is 0 Å². The summed E-state index contributed by atoms with van der Waals surface area (Å²) in [5.41, 5.74) is -0.822. The van der Waals surface area contributed by atoms with Crippen LogP contribution in [0.2, 0.25) is 0 Å². The Balaban J connectivity index is 2.40. The molecule has 0 bridgehead atoms. The molecular weight excluding hydrogens is 250 g/mol. The topological polar surface area (TPSA) is 29.1 Å². The van der Waals surface area contributed by atoms with Gasteiger partial charge in [-0.3, -0.25) is 4.79 Å². The molecule has 1 aromatic carbocycles. The molecule has 0 spiro atoms. The van der Waals surface area contributed by atoms with Crippen molar-refractivity contribution >= 4 is 5.91 Å². The summed E-state index contributed by atoms with van der Waals surface area (Å²) >= 11 is 0. The Labute approximate surface area is 101 Å². The van der Waals surface area contributed by atoms with Crippen molar-refractivity contribution < 1.29 is 22.4 Å². The molecule has 98 valence electrons. The van der Waals surface area contributed by atoms with Crippen LogP contribution in [-0.4, -0.2) is 11.9 Å². The van der Waals surface area contributed by atoms with Crippen LogP contribution in [0.3, 0.4) is 0 Å². The lowest BCUT2D eigenvalue weighted by Crippen LogP contribution is -2.24. The highest BCUT2D eigenvalue weighted by molar-refractivity contribution is 5.80. The molecule has 6 heteroatoms. The number of alkyl halides is 3. The Hall–Kier alpha value is -1.59. The lowest BCUT2D eigenvalue weighted by molar-refractivity contribution is -0.137. The van der Waals surface area contributed by atoms with Gasteiger partial charge >= 0.3 is 6.18 Å². The van der Waals surface area contributed by atoms with Gasteiger partial charge in [0.2, 0.25) is 5.91 Å². The first-order valence-electron chi connectivity index (χ1n) is 5.44. The molecule has 2 rings (SSSR count). The summed E-state index contributed by atoms with van der Waals surface area (Å²) in [6.07, 6.45) is -4.50. The number of nitrogens with one attached hydrogen (secondary N) is 1. The van der Waals surface area contributed by atoms with E-state index in [-0.39, 0.29) is 23.9 Å². The SMILES string of the molecule is CC1NC(=O)CC1c1cc(F)cc(C(F)(F)F)c1. The monoisotopic (exact) mass is 261 g/mol. The van der Waals surface area contributed by atoms with Crippen LogP contribution < -0.4 is 5.32 Å².